The molecule has 6 heteroatoms. The molecule has 1 aliphatic heterocycles. The van der Waals surface area contributed by atoms with E-state index in [2.05, 4.69) is 21.8 Å². The number of hydrogen-bond donors (Lipinski definition) is 1. The second kappa shape index (κ2) is 5.87. The van der Waals surface area contributed by atoms with Gasteiger partial charge in [0.1, 0.15) is 0 Å². The zero-order valence-electron chi connectivity index (χ0n) is 10.5. The monoisotopic (exact) mass is 259 g/mol. The van der Waals surface area contributed by atoms with Crippen LogP contribution in [0.4, 0.5) is 4.79 Å². The van der Waals surface area contributed by atoms with Crippen molar-refractivity contribution in [2.75, 3.05) is 20.2 Å². The molecule has 0 atom stereocenters. The Balaban J connectivity index is 2.02. The van der Waals surface area contributed by atoms with E-state index in [1.165, 1.54) is 12.0 Å². The second-order valence-corrected chi connectivity index (χ2v) is 3.92. The number of carbonyl (C=O) groups is 1. The van der Waals surface area contributed by atoms with Gasteiger partial charge in [-0.05, 0) is 6.42 Å². The van der Waals surface area contributed by atoms with Crippen LogP contribution in [0.15, 0.2) is 24.0 Å². The van der Waals surface area contributed by atoms with E-state index in [-0.39, 0.29) is 0 Å². The van der Waals surface area contributed by atoms with Crippen LogP contribution in [-0.2, 0) is 0 Å². The van der Waals surface area contributed by atoms with Crippen LogP contribution in [0.1, 0.15) is 12.0 Å². The third-order valence-corrected chi connectivity index (χ3v) is 2.66. The Kier molecular flexibility index (Phi) is 3.98. The summed E-state index contributed by atoms with van der Waals surface area (Å²) >= 11 is 0. The van der Waals surface area contributed by atoms with Crippen LogP contribution >= 0.6 is 0 Å². The Bertz CT molecular complexity index is 555. The molecule has 0 saturated heterocycles. The molecule has 0 fully saturated rings. The number of hydrogen-bond acceptors (Lipinski definition) is 4. The number of methoxy groups -OCH3 is 1. The molecule has 0 radical (unpaired) electrons. The first-order valence-electron chi connectivity index (χ1n) is 5.74. The van der Waals surface area contributed by atoms with Gasteiger partial charge in [0.25, 0.3) is 0 Å². The third kappa shape index (κ3) is 3.45. The Hall–Kier alpha value is -2.55. The number of rotatable bonds is 1. The molecule has 1 aromatic heterocycles. The minimum Gasteiger partial charge on any atom is -0.467 e. The van der Waals surface area contributed by atoms with Gasteiger partial charge in [-0.15, -0.1) is 0 Å². The lowest BCUT2D eigenvalue weighted by atomic mass is 10.1. The van der Waals surface area contributed by atoms with E-state index in [1.807, 2.05) is 6.08 Å². The Morgan fingerprint density at radius 2 is 2.16 bits per heavy atom. The second-order valence-electron chi connectivity index (χ2n) is 3.92. The van der Waals surface area contributed by atoms with Crippen molar-refractivity contribution in [1.82, 2.24) is 14.9 Å². The molecule has 0 unspecified atom stereocenters. The van der Waals surface area contributed by atoms with Crippen LogP contribution in [-0.4, -0.2) is 46.3 Å². The third-order valence-electron chi connectivity index (χ3n) is 2.66. The van der Waals surface area contributed by atoms with E-state index in [0.717, 1.165) is 5.57 Å². The molecule has 1 aliphatic rings. The fraction of sp³-hybridized carbons (Fsp3) is 0.308. The van der Waals surface area contributed by atoms with Crippen molar-refractivity contribution >= 4 is 6.09 Å². The predicted octanol–water partition coefficient (Wildman–Crippen LogP) is 1.15. The number of aromatic nitrogens is 2. The van der Waals surface area contributed by atoms with E-state index < -0.39 is 6.09 Å². The van der Waals surface area contributed by atoms with Gasteiger partial charge in [0.2, 0.25) is 0 Å². The molecular formula is C13H13N3O3. The first kappa shape index (κ1) is 12.9. The van der Waals surface area contributed by atoms with Crippen molar-refractivity contribution in [2.45, 2.75) is 6.42 Å². The van der Waals surface area contributed by atoms with E-state index >= 15 is 0 Å². The number of carboxylic acid groups (broad SMARTS) is 1. The Labute approximate surface area is 110 Å². The smallest absolute Gasteiger partial charge is 0.407 e. The van der Waals surface area contributed by atoms with Gasteiger partial charge in [-0.2, -0.15) is 0 Å². The summed E-state index contributed by atoms with van der Waals surface area (Å²) in [6.07, 6.45) is 4.75. The maximum Gasteiger partial charge on any atom is 0.407 e. The SMILES string of the molecule is COc1ncc(C#CC2=CCN(C(=O)O)CC2)cn1. The summed E-state index contributed by atoms with van der Waals surface area (Å²) in [6, 6.07) is 0.305. The lowest BCUT2D eigenvalue weighted by molar-refractivity contribution is 0.149. The topological polar surface area (TPSA) is 75.5 Å². The average molecular weight is 259 g/mol. The van der Waals surface area contributed by atoms with Gasteiger partial charge >= 0.3 is 12.1 Å². The highest BCUT2D eigenvalue weighted by Gasteiger charge is 2.14. The van der Waals surface area contributed by atoms with Gasteiger partial charge in [0.05, 0.1) is 12.7 Å². The van der Waals surface area contributed by atoms with Gasteiger partial charge in [0.15, 0.2) is 0 Å². The first-order chi connectivity index (χ1) is 9.19. The van der Waals surface area contributed by atoms with Crippen molar-refractivity contribution in [3.63, 3.8) is 0 Å². The molecule has 0 aliphatic carbocycles. The molecule has 6 nitrogen and oxygen atoms in total. The number of ether oxygens (including phenoxy) is 1. The molecule has 19 heavy (non-hydrogen) atoms. The van der Waals surface area contributed by atoms with Crippen molar-refractivity contribution in [3.8, 4) is 17.9 Å². The maximum atomic E-state index is 10.7. The lowest BCUT2D eigenvalue weighted by Crippen LogP contribution is -2.33. The van der Waals surface area contributed by atoms with Crippen molar-refractivity contribution in [3.05, 3.63) is 29.6 Å². The highest BCUT2D eigenvalue weighted by molar-refractivity contribution is 5.65. The lowest BCUT2D eigenvalue weighted by Gasteiger charge is -2.21. The fourth-order valence-corrected chi connectivity index (χ4v) is 1.60. The molecule has 1 aromatic rings. The van der Waals surface area contributed by atoms with Crippen molar-refractivity contribution in [2.24, 2.45) is 0 Å². The van der Waals surface area contributed by atoms with Crippen molar-refractivity contribution < 1.29 is 14.6 Å². The molecule has 98 valence electrons. The van der Waals surface area contributed by atoms with Gasteiger partial charge in [-0.25, -0.2) is 14.8 Å². The molecule has 0 spiro atoms. The largest absolute Gasteiger partial charge is 0.467 e. The summed E-state index contributed by atoms with van der Waals surface area (Å²) in [5, 5.41) is 8.81. The quantitative estimate of drug-likeness (QED) is 0.765. The van der Waals surface area contributed by atoms with Gasteiger partial charge in [-0.1, -0.05) is 17.9 Å². The summed E-state index contributed by atoms with van der Waals surface area (Å²) in [7, 11) is 1.50. The summed E-state index contributed by atoms with van der Waals surface area (Å²) in [4.78, 5) is 20.0. The van der Waals surface area contributed by atoms with Crippen LogP contribution in [0.3, 0.4) is 0 Å². The van der Waals surface area contributed by atoms with E-state index in [4.69, 9.17) is 9.84 Å². The molecule has 2 heterocycles. The number of nitrogens with zero attached hydrogens (tertiary/aromatic N) is 3. The highest BCUT2D eigenvalue weighted by Crippen LogP contribution is 2.10. The molecule has 2 rings (SSSR count). The van der Waals surface area contributed by atoms with Crippen LogP contribution in [0.25, 0.3) is 0 Å². The van der Waals surface area contributed by atoms with Gasteiger partial charge in [-0.3, -0.25) is 0 Å². The molecule has 0 aromatic carbocycles. The summed E-state index contributed by atoms with van der Waals surface area (Å²) in [5.74, 6) is 5.95. The first-order valence-corrected chi connectivity index (χ1v) is 5.74. The molecule has 0 bridgehead atoms. The van der Waals surface area contributed by atoms with Crippen LogP contribution in [0.5, 0.6) is 6.01 Å². The fourth-order valence-electron chi connectivity index (χ4n) is 1.60. The van der Waals surface area contributed by atoms with Crippen LogP contribution in [0.2, 0.25) is 0 Å². The van der Waals surface area contributed by atoms with E-state index in [1.54, 1.807) is 12.4 Å². The highest BCUT2D eigenvalue weighted by atomic mass is 16.5. The van der Waals surface area contributed by atoms with Crippen LogP contribution < -0.4 is 4.74 Å². The molecule has 1 N–H and O–H groups in total. The summed E-state index contributed by atoms with van der Waals surface area (Å²) in [6.45, 7) is 0.868. The minimum atomic E-state index is -0.896. The zero-order chi connectivity index (χ0) is 13.7. The number of amides is 1. The zero-order valence-corrected chi connectivity index (χ0v) is 10.5. The Morgan fingerprint density at radius 1 is 1.42 bits per heavy atom. The van der Waals surface area contributed by atoms with E-state index in [0.29, 0.717) is 31.1 Å². The Morgan fingerprint density at radius 3 is 2.68 bits per heavy atom. The van der Waals surface area contributed by atoms with Crippen molar-refractivity contribution in [1.29, 1.82) is 0 Å². The molecule has 0 saturated carbocycles. The normalized spacial score (nSPS) is 14.2. The molecule has 1 amide bonds. The predicted molar refractivity (Wildman–Crippen MR) is 67.8 cm³/mol. The van der Waals surface area contributed by atoms with Crippen LogP contribution in [0, 0.1) is 11.8 Å². The summed E-state index contributed by atoms with van der Waals surface area (Å²) < 4.78 is 4.85. The van der Waals surface area contributed by atoms with E-state index in [9.17, 15) is 4.79 Å². The maximum absolute atomic E-state index is 10.7. The average Bonchev–Trinajstić information content (AvgIpc) is 2.46. The minimum absolute atomic E-state index is 0.305. The summed E-state index contributed by atoms with van der Waals surface area (Å²) in [5.41, 5.74) is 1.63. The molecular weight excluding hydrogens is 246 g/mol. The standard InChI is InChI=1S/C13H13N3O3/c1-19-12-14-8-11(9-15-12)3-2-10-4-6-16(7-5-10)13(17)18/h4,8-9H,5-7H2,1H3,(H,17,18). The van der Waals surface area contributed by atoms with Gasteiger partial charge < -0.3 is 14.7 Å². The van der Waals surface area contributed by atoms with Gasteiger partial charge in [0, 0.05) is 31.1 Å².